The van der Waals surface area contributed by atoms with Crippen molar-refractivity contribution in [2.75, 3.05) is 0 Å². The largest absolute Gasteiger partial charge is 0.294 e. The zero-order chi connectivity index (χ0) is 12.7. The number of hydrogen-bond donors (Lipinski definition) is 0. The maximum absolute atomic E-state index is 13.8. The smallest absolute Gasteiger partial charge is 0.166 e. The molecule has 0 fully saturated rings. The van der Waals surface area contributed by atoms with Gasteiger partial charge in [-0.05, 0) is 31.9 Å². The van der Waals surface area contributed by atoms with E-state index in [1.807, 2.05) is 0 Å². The van der Waals surface area contributed by atoms with Crippen molar-refractivity contribution in [1.82, 2.24) is 9.78 Å². The fraction of sp³-hybridized carbons (Fsp3) is 0.286. The number of halogens is 1. The summed E-state index contributed by atoms with van der Waals surface area (Å²) in [6.45, 7) is 1.80. The van der Waals surface area contributed by atoms with Gasteiger partial charge in [0.25, 0.3) is 0 Å². The number of aryl methyl sites for hydroxylation is 1. The maximum atomic E-state index is 13.8. The summed E-state index contributed by atoms with van der Waals surface area (Å²) in [5.74, 6) is -0.197. The van der Waals surface area contributed by atoms with Crippen molar-refractivity contribution in [2.45, 2.75) is 26.2 Å². The predicted octanol–water partition coefficient (Wildman–Crippen LogP) is 2.84. The molecule has 2 aromatic rings. The van der Waals surface area contributed by atoms with Gasteiger partial charge in [0.2, 0.25) is 0 Å². The highest BCUT2D eigenvalue weighted by atomic mass is 19.1. The topological polar surface area (TPSA) is 34.9 Å². The van der Waals surface area contributed by atoms with E-state index >= 15 is 0 Å². The average Bonchev–Trinajstić information content (AvgIpc) is 2.69. The first-order valence-electron chi connectivity index (χ1n) is 6.05. The number of Topliss-reactive ketones (excluding diaryl/α,β-unsaturated/α-hetero) is 1. The first-order valence-corrected chi connectivity index (χ1v) is 6.05. The molecular weight excluding hydrogens is 231 g/mol. The summed E-state index contributed by atoms with van der Waals surface area (Å²) in [5.41, 5.74) is 2.63. The number of benzene rings is 1. The summed E-state index contributed by atoms with van der Waals surface area (Å²) in [6, 6.07) is 6.50. The van der Waals surface area contributed by atoms with E-state index in [1.165, 1.54) is 6.07 Å². The second-order valence-electron chi connectivity index (χ2n) is 4.55. The molecule has 0 amide bonds. The number of aromatic nitrogens is 2. The number of ketones is 1. The Hall–Kier alpha value is -1.97. The monoisotopic (exact) mass is 244 g/mol. The minimum absolute atomic E-state index is 0.122. The minimum Gasteiger partial charge on any atom is -0.294 e. The number of hydrogen-bond acceptors (Lipinski definition) is 2. The van der Waals surface area contributed by atoms with E-state index in [2.05, 4.69) is 5.10 Å². The molecule has 1 aliphatic carbocycles. The van der Waals surface area contributed by atoms with Crippen molar-refractivity contribution in [3.05, 3.63) is 47.0 Å². The Morgan fingerprint density at radius 2 is 2.06 bits per heavy atom. The Balaban J connectivity index is 2.23. The molecule has 18 heavy (non-hydrogen) atoms. The summed E-state index contributed by atoms with van der Waals surface area (Å²) in [4.78, 5) is 11.9. The molecule has 4 heteroatoms. The lowest BCUT2D eigenvalue weighted by molar-refractivity contribution is 0.0971. The summed E-state index contributed by atoms with van der Waals surface area (Å²) >= 11 is 0. The molecule has 0 unspecified atom stereocenters. The van der Waals surface area contributed by atoms with Crippen LogP contribution in [-0.4, -0.2) is 15.6 Å². The van der Waals surface area contributed by atoms with E-state index in [1.54, 1.807) is 29.8 Å². The van der Waals surface area contributed by atoms with Crippen LogP contribution in [0.25, 0.3) is 5.69 Å². The van der Waals surface area contributed by atoms with Gasteiger partial charge in [-0.25, -0.2) is 9.07 Å². The molecule has 0 N–H and O–H groups in total. The molecule has 92 valence electrons. The molecule has 1 aliphatic rings. The normalized spacial score (nSPS) is 14.7. The lowest BCUT2D eigenvalue weighted by atomic mass is 9.94. The van der Waals surface area contributed by atoms with Crippen LogP contribution in [0.1, 0.15) is 34.6 Å². The van der Waals surface area contributed by atoms with Crippen molar-refractivity contribution >= 4 is 5.78 Å². The number of nitrogens with zero attached hydrogens (tertiary/aromatic N) is 2. The molecule has 1 aromatic carbocycles. The van der Waals surface area contributed by atoms with E-state index < -0.39 is 0 Å². The fourth-order valence-electron chi connectivity index (χ4n) is 2.53. The standard InChI is InChI=1S/C14H13FN2O/c1-9-14-12(7-4-8-13(14)18)17(16-9)11-6-3-2-5-10(11)15/h2-3,5-6H,4,7-8H2,1H3. The Labute approximate surface area is 104 Å². The van der Waals surface area contributed by atoms with Gasteiger partial charge < -0.3 is 0 Å². The van der Waals surface area contributed by atoms with Gasteiger partial charge in [-0.2, -0.15) is 5.10 Å². The van der Waals surface area contributed by atoms with Crippen molar-refractivity contribution in [1.29, 1.82) is 0 Å². The van der Waals surface area contributed by atoms with Crippen LogP contribution in [0.5, 0.6) is 0 Å². The van der Waals surface area contributed by atoms with E-state index in [9.17, 15) is 9.18 Å². The van der Waals surface area contributed by atoms with Crippen molar-refractivity contribution in [3.63, 3.8) is 0 Å². The predicted molar refractivity (Wildman–Crippen MR) is 65.5 cm³/mol. The van der Waals surface area contributed by atoms with Crippen molar-refractivity contribution in [3.8, 4) is 5.69 Å². The van der Waals surface area contributed by atoms with Crippen LogP contribution in [0.3, 0.4) is 0 Å². The number of fused-ring (bicyclic) bond motifs is 1. The summed E-state index contributed by atoms with van der Waals surface area (Å²) in [6.07, 6.45) is 2.15. The first-order chi connectivity index (χ1) is 8.68. The molecular formula is C14H13FN2O. The van der Waals surface area contributed by atoms with Crippen LogP contribution in [0, 0.1) is 12.7 Å². The third kappa shape index (κ3) is 1.56. The van der Waals surface area contributed by atoms with Crippen LogP contribution < -0.4 is 0 Å². The van der Waals surface area contributed by atoms with Crippen LogP contribution in [0.15, 0.2) is 24.3 Å². The van der Waals surface area contributed by atoms with E-state index in [4.69, 9.17) is 0 Å². The molecule has 0 saturated heterocycles. The number of carbonyl (C=O) groups excluding carboxylic acids is 1. The molecule has 0 saturated carbocycles. The van der Waals surface area contributed by atoms with Crippen molar-refractivity contribution in [2.24, 2.45) is 0 Å². The summed E-state index contributed by atoms with van der Waals surface area (Å²) in [7, 11) is 0. The van der Waals surface area contributed by atoms with Gasteiger partial charge in [0, 0.05) is 6.42 Å². The first kappa shape index (κ1) is 11.1. The van der Waals surface area contributed by atoms with Gasteiger partial charge in [-0.1, -0.05) is 12.1 Å². The van der Waals surface area contributed by atoms with Gasteiger partial charge in [0.15, 0.2) is 5.78 Å². The zero-order valence-corrected chi connectivity index (χ0v) is 10.1. The fourth-order valence-corrected chi connectivity index (χ4v) is 2.53. The van der Waals surface area contributed by atoms with Crippen LogP contribution in [0.4, 0.5) is 4.39 Å². The van der Waals surface area contributed by atoms with E-state index in [0.717, 1.165) is 18.5 Å². The Morgan fingerprint density at radius 3 is 2.83 bits per heavy atom. The number of para-hydroxylation sites is 1. The van der Waals surface area contributed by atoms with Gasteiger partial charge >= 0.3 is 0 Å². The third-order valence-electron chi connectivity index (χ3n) is 3.33. The average molecular weight is 244 g/mol. The van der Waals surface area contributed by atoms with Gasteiger partial charge in [0.05, 0.1) is 17.0 Å². The Bertz CT molecular complexity index is 631. The number of rotatable bonds is 1. The molecule has 0 radical (unpaired) electrons. The second kappa shape index (κ2) is 4.05. The molecule has 1 aromatic heterocycles. The lowest BCUT2D eigenvalue weighted by Gasteiger charge is -2.13. The molecule has 0 bridgehead atoms. The highest BCUT2D eigenvalue weighted by Gasteiger charge is 2.26. The van der Waals surface area contributed by atoms with E-state index in [0.29, 0.717) is 23.4 Å². The van der Waals surface area contributed by atoms with Crippen LogP contribution in [-0.2, 0) is 6.42 Å². The SMILES string of the molecule is Cc1nn(-c2ccccc2F)c2c1C(=O)CCC2. The van der Waals surface area contributed by atoms with Gasteiger partial charge in [-0.15, -0.1) is 0 Å². The second-order valence-corrected chi connectivity index (χ2v) is 4.55. The third-order valence-corrected chi connectivity index (χ3v) is 3.33. The Morgan fingerprint density at radius 1 is 1.28 bits per heavy atom. The molecule has 0 atom stereocenters. The highest BCUT2D eigenvalue weighted by molar-refractivity contribution is 5.99. The molecule has 0 spiro atoms. The zero-order valence-electron chi connectivity index (χ0n) is 10.1. The van der Waals surface area contributed by atoms with Gasteiger partial charge in [-0.3, -0.25) is 4.79 Å². The Kier molecular flexibility index (Phi) is 2.51. The summed E-state index contributed by atoms with van der Waals surface area (Å²) in [5, 5.41) is 4.33. The quantitative estimate of drug-likeness (QED) is 0.773. The maximum Gasteiger partial charge on any atom is 0.166 e. The molecule has 3 nitrogen and oxygen atoms in total. The number of carbonyl (C=O) groups is 1. The molecule has 1 heterocycles. The molecule has 3 rings (SSSR count). The highest BCUT2D eigenvalue weighted by Crippen LogP contribution is 2.27. The lowest BCUT2D eigenvalue weighted by Crippen LogP contribution is -2.13. The van der Waals surface area contributed by atoms with Gasteiger partial charge in [0.1, 0.15) is 11.5 Å². The minimum atomic E-state index is -0.319. The van der Waals surface area contributed by atoms with Crippen molar-refractivity contribution < 1.29 is 9.18 Å². The summed E-state index contributed by atoms with van der Waals surface area (Å²) < 4.78 is 15.4. The van der Waals surface area contributed by atoms with Crippen LogP contribution >= 0.6 is 0 Å². The van der Waals surface area contributed by atoms with E-state index in [-0.39, 0.29) is 11.6 Å². The van der Waals surface area contributed by atoms with Crippen LogP contribution in [0.2, 0.25) is 0 Å². The molecule has 0 aliphatic heterocycles.